The van der Waals surface area contributed by atoms with Crippen molar-refractivity contribution in [2.45, 2.75) is 46.1 Å². The molecule has 3 nitrogen and oxygen atoms in total. The first-order valence-corrected chi connectivity index (χ1v) is 8.11. The molecule has 0 radical (unpaired) electrons. The molecule has 3 heteroatoms. The first-order valence-electron chi connectivity index (χ1n) is 8.11. The number of benzene rings is 1. The van der Waals surface area contributed by atoms with E-state index < -0.39 is 0 Å². The monoisotopic (exact) mass is 310 g/mol. The summed E-state index contributed by atoms with van der Waals surface area (Å²) in [5.41, 5.74) is 2.28. The van der Waals surface area contributed by atoms with E-state index in [0.717, 1.165) is 29.3 Å². The number of amides is 1. The van der Waals surface area contributed by atoms with Gasteiger partial charge >= 0.3 is 0 Å². The topological polar surface area (TPSA) is 42.0 Å². The number of fused-ring (bicyclic) bond motifs is 1. The van der Waals surface area contributed by atoms with E-state index in [9.17, 15) is 4.79 Å². The SMILES string of the molecule is C=C(C)CC(C)(CC(C)C)NC(=O)c1cnc2ccccc2c1. The summed E-state index contributed by atoms with van der Waals surface area (Å²) in [5.74, 6) is 0.419. The van der Waals surface area contributed by atoms with Crippen LogP contribution < -0.4 is 5.32 Å². The molecule has 0 aliphatic rings. The van der Waals surface area contributed by atoms with Crippen LogP contribution in [0.15, 0.2) is 48.7 Å². The van der Waals surface area contributed by atoms with Crippen LogP contribution in [0.3, 0.4) is 0 Å². The van der Waals surface area contributed by atoms with Crippen LogP contribution in [0.25, 0.3) is 10.9 Å². The van der Waals surface area contributed by atoms with Gasteiger partial charge in [-0.25, -0.2) is 0 Å². The molecule has 2 aromatic rings. The van der Waals surface area contributed by atoms with Gasteiger partial charge in [-0.15, -0.1) is 6.58 Å². The van der Waals surface area contributed by atoms with Gasteiger partial charge in [0.05, 0.1) is 11.1 Å². The summed E-state index contributed by atoms with van der Waals surface area (Å²) in [6.07, 6.45) is 3.33. The summed E-state index contributed by atoms with van der Waals surface area (Å²) in [5, 5.41) is 4.17. The number of para-hydroxylation sites is 1. The highest BCUT2D eigenvalue weighted by atomic mass is 16.1. The van der Waals surface area contributed by atoms with Crippen LogP contribution in [0.5, 0.6) is 0 Å². The molecule has 1 atom stereocenters. The third-order valence-electron chi connectivity index (χ3n) is 3.82. The van der Waals surface area contributed by atoms with Gasteiger partial charge in [0.25, 0.3) is 5.91 Å². The minimum absolute atomic E-state index is 0.0762. The van der Waals surface area contributed by atoms with Gasteiger partial charge in [-0.05, 0) is 44.7 Å². The molecule has 0 aliphatic heterocycles. The van der Waals surface area contributed by atoms with Crippen molar-refractivity contribution < 1.29 is 4.79 Å². The molecule has 1 heterocycles. The van der Waals surface area contributed by atoms with Crippen molar-refractivity contribution >= 4 is 16.8 Å². The van der Waals surface area contributed by atoms with E-state index in [1.54, 1.807) is 6.20 Å². The van der Waals surface area contributed by atoms with Crippen LogP contribution in [0, 0.1) is 5.92 Å². The highest BCUT2D eigenvalue weighted by molar-refractivity contribution is 5.97. The maximum absolute atomic E-state index is 12.7. The average molecular weight is 310 g/mol. The first-order chi connectivity index (χ1) is 10.8. The summed E-state index contributed by atoms with van der Waals surface area (Å²) in [6, 6.07) is 9.72. The van der Waals surface area contributed by atoms with Crippen LogP contribution in [0.1, 0.15) is 50.9 Å². The Bertz CT molecular complexity index is 720. The van der Waals surface area contributed by atoms with Crippen molar-refractivity contribution in [3.05, 3.63) is 54.2 Å². The first kappa shape index (κ1) is 17.2. The van der Waals surface area contributed by atoms with Crippen molar-refractivity contribution in [3.8, 4) is 0 Å². The predicted octanol–water partition coefficient (Wildman–Crippen LogP) is 4.74. The van der Waals surface area contributed by atoms with Crippen LogP contribution in [0.4, 0.5) is 0 Å². The Morgan fingerprint density at radius 3 is 2.70 bits per heavy atom. The maximum atomic E-state index is 12.7. The van der Waals surface area contributed by atoms with Gasteiger partial charge in [0.1, 0.15) is 0 Å². The Hall–Kier alpha value is -2.16. The van der Waals surface area contributed by atoms with Crippen LogP contribution in [0.2, 0.25) is 0 Å². The van der Waals surface area contributed by atoms with E-state index in [4.69, 9.17) is 0 Å². The van der Waals surface area contributed by atoms with Crippen LogP contribution >= 0.6 is 0 Å². The van der Waals surface area contributed by atoms with Crippen LogP contribution in [-0.4, -0.2) is 16.4 Å². The van der Waals surface area contributed by atoms with E-state index in [1.807, 2.05) is 37.3 Å². The molecule has 1 N–H and O–H groups in total. The normalized spacial score (nSPS) is 13.8. The fourth-order valence-electron chi connectivity index (χ4n) is 3.28. The molecule has 1 aromatic carbocycles. The molecular formula is C20H26N2O. The van der Waals surface area contributed by atoms with Gasteiger partial charge in [-0.3, -0.25) is 9.78 Å². The minimum Gasteiger partial charge on any atom is -0.347 e. The molecule has 0 bridgehead atoms. The number of rotatable bonds is 6. The van der Waals surface area contributed by atoms with Crippen molar-refractivity contribution in [1.29, 1.82) is 0 Å². The Morgan fingerprint density at radius 2 is 2.04 bits per heavy atom. The standard InChI is InChI=1S/C20H26N2O/c1-14(2)11-20(5,12-15(3)4)22-19(23)17-10-16-8-6-7-9-18(16)21-13-17/h6-10,13,15H,1,11-12H2,2-5H3,(H,22,23). The Balaban J connectivity index is 2.23. The Morgan fingerprint density at radius 1 is 1.35 bits per heavy atom. The molecule has 1 aromatic heterocycles. The second kappa shape index (κ2) is 6.95. The lowest BCUT2D eigenvalue weighted by molar-refractivity contribution is 0.0894. The average Bonchev–Trinajstić information content (AvgIpc) is 2.44. The van der Waals surface area contributed by atoms with Crippen molar-refractivity contribution in [3.63, 3.8) is 0 Å². The van der Waals surface area contributed by atoms with Gasteiger partial charge in [0.2, 0.25) is 0 Å². The zero-order valence-electron chi connectivity index (χ0n) is 14.5. The largest absolute Gasteiger partial charge is 0.347 e. The summed E-state index contributed by atoms with van der Waals surface area (Å²) in [7, 11) is 0. The van der Waals surface area contributed by atoms with E-state index in [1.165, 1.54) is 0 Å². The molecule has 0 aliphatic carbocycles. The van der Waals surface area contributed by atoms with Crippen molar-refractivity contribution in [2.24, 2.45) is 5.92 Å². The fraction of sp³-hybridized carbons (Fsp3) is 0.400. The third-order valence-corrected chi connectivity index (χ3v) is 3.82. The molecule has 1 unspecified atom stereocenters. The van der Waals surface area contributed by atoms with Gasteiger partial charge < -0.3 is 5.32 Å². The van der Waals surface area contributed by atoms with Gasteiger partial charge in [0, 0.05) is 17.1 Å². The zero-order valence-corrected chi connectivity index (χ0v) is 14.5. The highest BCUT2D eigenvalue weighted by Crippen LogP contribution is 2.24. The number of hydrogen-bond donors (Lipinski definition) is 1. The summed E-state index contributed by atoms with van der Waals surface area (Å²) >= 11 is 0. The summed E-state index contributed by atoms with van der Waals surface area (Å²) < 4.78 is 0. The third kappa shape index (κ3) is 4.65. The molecule has 23 heavy (non-hydrogen) atoms. The lowest BCUT2D eigenvalue weighted by Gasteiger charge is -2.33. The second-order valence-electron chi connectivity index (χ2n) is 7.16. The quantitative estimate of drug-likeness (QED) is 0.783. The molecule has 0 saturated carbocycles. The van der Waals surface area contributed by atoms with Gasteiger partial charge in [0.15, 0.2) is 0 Å². The van der Waals surface area contributed by atoms with Gasteiger partial charge in [-0.1, -0.05) is 37.6 Å². The number of nitrogens with zero attached hydrogens (tertiary/aromatic N) is 1. The fourth-order valence-corrected chi connectivity index (χ4v) is 3.28. The molecule has 1 amide bonds. The lowest BCUT2D eigenvalue weighted by atomic mass is 9.85. The predicted molar refractivity (Wildman–Crippen MR) is 96.5 cm³/mol. The summed E-state index contributed by atoms with van der Waals surface area (Å²) in [4.78, 5) is 17.1. The minimum atomic E-state index is -0.289. The molecular weight excluding hydrogens is 284 g/mol. The van der Waals surface area contributed by atoms with E-state index >= 15 is 0 Å². The molecule has 0 saturated heterocycles. The number of carbonyl (C=O) groups is 1. The number of hydrogen-bond acceptors (Lipinski definition) is 2. The maximum Gasteiger partial charge on any atom is 0.253 e. The van der Waals surface area contributed by atoms with E-state index in [0.29, 0.717) is 11.5 Å². The van der Waals surface area contributed by atoms with Gasteiger partial charge in [-0.2, -0.15) is 0 Å². The number of pyridine rings is 1. The van der Waals surface area contributed by atoms with Crippen molar-refractivity contribution in [2.75, 3.05) is 0 Å². The second-order valence-corrected chi connectivity index (χ2v) is 7.16. The smallest absolute Gasteiger partial charge is 0.253 e. The lowest BCUT2D eigenvalue weighted by Crippen LogP contribution is -2.47. The van der Waals surface area contributed by atoms with Crippen LogP contribution in [-0.2, 0) is 0 Å². The molecule has 122 valence electrons. The molecule has 0 fully saturated rings. The molecule has 0 spiro atoms. The summed E-state index contributed by atoms with van der Waals surface area (Å²) in [6.45, 7) is 12.4. The Labute approximate surface area is 138 Å². The number of carbonyl (C=O) groups excluding carboxylic acids is 1. The molecule has 2 rings (SSSR count). The van der Waals surface area contributed by atoms with E-state index in [2.05, 4.69) is 37.7 Å². The highest BCUT2D eigenvalue weighted by Gasteiger charge is 2.28. The Kier molecular flexibility index (Phi) is 5.19. The number of nitrogens with one attached hydrogen (secondary N) is 1. The zero-order chi connectivity index (χ0) is 17.0. The van der Waals surface area contributed by atoms with Crippen molar-refractivity contribution in [1.82, 2.24) is 10.3 Å². The van der Waals surface area contributed by atoms with E-state index in [-0.39, 0.29) is 11.4 Å². The number of aromatic nitrogens is 1.